The van der Waals surface area contributed by atoms with Crippen LogP contribution in [0, 0.1) is 0 Å². The molecule has 2 aromatic heterocycles. The normalized spacial score (nSPS) is 15.6. The van der Waals surface area contributed by atoms with Crippen molar-refractivity contribution in [1.29, 1.82) is 0 Å². The van der Waals surface area contributed by atoms with E-state index >= 15 is 0 Å². The maximum atomic E-state index is 12.4. The summed E-state index contributed by atoms with van der Waals surface area (Å²) in [7, 11) is 0. The SMILES string of the molecule is O=C(NCCn1ccc2ccccc21)N1CCC(n2cnnc2)CC1. The molecule has 1 N–H and O–H groups in total. The van der Waals surface area contributed by atoms with Crippen LogP contribution >= 0.6 is 0 Å². The van der Waals surface area contributed by atoms with Crippen LogP contribution in [-0.2, 0) is 6.54 Å². The number of benzene rings is 1. The predicted molar refractivity (Wildman–Crippen MR) is 95.2 cm³/mol. The molecule has 4 rings (SSSR count). The van der Waals surface area contributed by atoms with Crippen molar-refractivity contribution in [3.8, 4) is 0 Å². The van der Waals surface area contributed by atoms with Gasteiger partial charge in [0.1, 0.15) is 12.7 Å². The number of hydrogen-bond donors (Lipinski definition) is 1. The van der Waals surface area contributed by atoms with E-state index in [9.17, 15) is 4.79 Å². The summed E-state index contributed by atoms with van der Waals surface area (Å²) in [5.41, 5.74) is 1.20. The van der Waals surface area contributed by atoms with Crippen LogP contribution in [-0.4, -0.2) is 49.9 Å². The van der Waals surface area contributed by atoms with Crippen molar-refractivity contribution in [2.45, 2.75) is 25.4 Å². The van der Waals surface area contributed by atoms with Crippen molar-refractivity contribution < 1.29 is 4.79 Å². The summed E-state index contributed by atoms with van der Waals surface area (Å²) < 4.78 is 4.21. The Bertz CT molecular complexity index is 832. The van der Waals surface area contributed by atoms with Crippen molar-refractivity contribution >= 4 is 16.9 Å². The van der Waals surface area contributed by atoms with Gasteiger partial charge in [-0.25, -0.2) is 4.79 Å². The Labute approximate surface area is 146 Å². The second-order valence-corrected chi connectivity index (χ2v) is 6.43. The summed E-state index contributed by atoms with van der Waals surface area (Å²) in [5, 5.41) is 12.0. The molecule has 7 heteroatoms. The van der Waals surface area contributed by atoms with Crippen LogP contribution in [0.5, 0.6) is 0 Å². The fraction of sp³-hybridized carbons (Fsp3) is 0.389. The number of piperidine rings is 1. The first-order chi connectivity index (χ1) is 12.3. The van der Waals surface area contributed by atoms with Gasteiger partial charge in [-0.3, -0.25) is 0 Å². The van der Waals surface area contributed by atoms with Gasteiger partial charge < -0.3 is 19.4 Å². The van der Waals surface area contributed by atoms with Crippen molar-refractivity contribution in [3.05, 3.63) is 49.2 Å². The molecule has 0 saturated carbocycles. The van der Waals surface area contributed by atoms with Crippen molar-refractivity contribution in [2.75, 3.05) is 19.6 Å². The molecule has 2 amide bonds. The predicted octanol–water partition coefficient (Wildman–Crippen LogP) is 2.28. The maximum Gasteiger partial charge on any atom is 0.317 e. The number of carbonyl (C=O) groups excluding carboxylic acids is 1. The number of fused-ring (bicyclic) bond motifs is 1. The second-order valence-electron chi connectivity index (χ2n) is 6.43. The average molecular weight is 338 g/mol. The Hall–Kier alpha value is -2.83. The average Bonchev–Trinajstić information content (AvgIpc) is 3.32. The standard InChI is InChI=1S/C18H22N6O/c25-18(23-10-6-16(7-11-23)24-13-20-21-14-24)19-8-12-22-9-5-15-3-1-2-4-17(15)22/h1-5,9,13-14,16H,6-8,10-12H2,(H,19,25). The second kappa shape index (κ2) is 6.96. The van der Waals surface area contributed by atoms with Gasteiger partial charge in [0.25, 0.3) is 0 Å². The first kappa shape index (κ1) is 15.7. The van der Waals surface area contributed by atoms with Crippen LogP contribution in [0.3, 0.4) is 0 Å². The lowest BCUT2D eigenvalue weighted by Crippen LogP contribution is -2.45. The highest BCUT2D eigenvalue weighted by molar-refractivity contribution is 5.80. The Kier molecular flexibility index (Phi) is 4.37. The van der Waals surface area contributed by atoms with Gasteiger partial charge in [0, 0.05) is 43.9 Å². The molecule has 130 valence electrons. The number of para-hydroxylation sites is 1. The van der Waals surface area contributed by atoms with Gasteiger partial charge in [0.05, 0.1) is 0 Å². The first-order valence-corrected chi connectivity index (χ1v) is 8.72. The smallest absolute Gasteiger partial charge is 0.317 e. The van der Waals surface area contributed by atoms with Gasteiger partial charge in [-0.1, -0.05) is 18.2 Å². The molecule has 0 radical (unpaired) electrons. The zero-order chi connectivity index (χ0) is 17.1. The molecule has 3 aromatic rings. The third-order valence-electron chi connectivity index (χ3n) is 4.92. The molecule has 0 bridgehead atoms. The van der Waals surface area contributed by atoms with Crippen LogP contribution in [0.15, 0.2) is 49.2 Å². The highest BCUT2D eigenvalue weighted by Gasteiger charge is 2.23. The van der Waals surface area contributed by atoms with E-state index in [0.29, 0.717) is 12.6 Å². The lowest BCUT2D eigenvalue weighted by Gasteiger charge is -2.32. The molecule has 1 fully saturated rings. The number of nitrogens with one attached hydrogen (secondary N) is 1. The summed E-state index contributed by atoms with van der Waals surface area (Å²) >= 11 is 0. The van der Waals surface area contributed by atoms with Crippen LogP contribution in [0.2, 0.25) is 0 Å². The number of amides is 2. The Morgan fingerprint density at radius 3 is 2.68 bits per heavy atom. The summed E-state index contributed by atoms with van der Waals surface area (Å²) in [6.45, 7) is 2.93. The highest BCUT2D eigenvalue weighted by atomic mass is 16.2. The Morgan fingerprint density at radius 2 is 1.88 bits per heavy atom. The van der Waals surface area contributed by atoms with E-state index in [1.807, 2.05) is 21.6 Å². The van der Waals surface area contributed by atoms with Gasteiger partial charge >= 0.3 is 6.03 Å². The molecular weight excluding hydrogens is 316 g/mol. The molecule has 0 spiro atoms. The van der Waals surface area contributed by atoms with Gasteiger partial charge in [-0.2, -0.15) is 0 Å². The van der Waals surface area contributed by atoms with E-state index in [0.717, 1.165) is 32.5 Å². The highest BCUT2D eigenvalue weighted by Crippen LogP contribution is 2.21. The number of hydrogen-bond acceptors (Lipinski definition) is 3. The summed E-state index contributed by atoms with van der Waals surface area (Å²) in [6.07, 6.45) is 7.45. The molecule has 1 aliphatic heterocycles. The van der Waals surface area contributed by atoms with Crippen molar-refractivity contribution in [2.24, 2.45) is 0 Å². The molecule has 7 nitrogen and oxygen atoms in total. The molecular formula is C18H22N6O. The summed E-state index contributed by atoms with van der Waals surface area (Å²) in [5.74, 6) is 0. The van der Waals surface area contributed by atoms with Crippen LogP contribution in [0.25, 0.3) is 10.9 Å². The van der Waals surface area contributed by atoms with Gasteiger partial charge in [0.2, 0.25) is 0 Å². The lowest BCUT2D eigenvalue weighted by molar-refractivity contribution is 0.171. The fourth-order valence-corrected chi connectivity index (χ4v) is 3.50. The van der Waals surface area contributed by atoms with Crippen LogP contribution < -0.4 is 5.32 Å². The Morgan fingerprint density at radius 1 is 1.12 bits per heavy atom. The topological polar surface area (TPSA) is 68.0 Å². The first-order valence-electron chi connectivity index (χ1n) is 8.72. The van der Waals surface area contributed by atoms with Gasteiger partial charge in [0.15, 0.2) is 0 Å². The van der Waals surface area contributed by atoms with E-state index in [1.54, 1.807) is 12.7 Å². The van der Waals surface area contributed by atoms with E-state index < -0.39 is 0 Å². The summed E-state index contributed by atoms with van der Waals surface area (Å²) in [6, 6.07) is 10.8. The molecule has 0 aliphatic carbocycles. The minimum absolute atomic E-state index is 0.0265. The fourth-order valence-electron chi connectivity index (χ4n) is 3.50. The third kappa shape index (κ3) is 3.35. The lowest BCUT2D eigenvalue weighted by atomic mass is 10.1. The van der Waals surface area contributed by atoms with E-state index in [4.69, 9.17) is 0 Å². The number of carbonyl (C=O) groups is 1. The number of aromatic nitrogens is 4. The van der Waals surface area contributed by atoms with Gasteiger partial charge in [-0.15, -0.1) is 10.2 Å². The molecule has 3 heterocycles. The number of urea groups is 1. The quantitative estimate of drug-likeness (QED) is 0.793. The molecule has 25 heavy (non-hydrogen) atoms. The molecule has 0 unspecified atom stereocenters. The third-order valence-corrected chi connectivity index (χ3v) is 4.92. The Balaban J connectivity index is 1.26. The monoisotopic (exact) mass is 338 g/mol. The summed E-state index contributed by atoms with van der Waals surface area (Å²) in [4.78, 5) is 14.3. The van der Waals surface area contributed by atoms with Crippen molar-refractivity contribution in [3.63, 3.8) is 0 Å². The molecule has 1 aliphatic rings. The maximum absolute atomic E-state index is 12.4. The number of rotatable bonds is 4. The van der Waals surface area contributed by atoms with Gasteiger partial charge in [-0.05, 0) is 30.4 Å². The number of nitrogens with zero attached hydrogens (tertiary/aromatic N) is 5. The largest absolute Gasteiger partial charge is 0.346 e. The molecule has 1 aromatic carbocycles. The minimum atomic E-state index is 0.0265. The van der Waals surface area contributed by atoms with E-state index in [2.05, 4.69) is 44.5 Å². The van der Waals surface area contributed by atoms with Crippen molar-refractivity contribution in [1.82, 2.24) is 29.5 Å². The van der Waals surface area contributed by atoms with Crippen LogP contribution in [0.1, 0.15) is 18.9 Å². The van der Waals surface area contributed by atoms with E-state index in [1.165, 1.54) is 10.9 Å². The minimum Gasteiger partial charge on any atom is -0.346 e. The molecule has 0 atom stereocenters. The number of likely N-dealkylation sites (tertiary alicyclic amines) is 1. The molecule has 1 saturated heterocycles. The van der Waals surface area contributed by atoms with E-state index in [-0.39, 0.29) is 6.03 Å². The van der Waals surface area contributed by atoms with Crippen LogP contribution in [0.4, 0.5) is 4.79 Å². The zero-order valence-electron chi connectivity index (χ0n) is 14.1. The zero-order valence-corrected chi connectivity index (χ0v) is 14.1.